The first-order chi connectivity index (χ1) is 6.09. The lowest BCUT2D eigenvalue weighted by atomic mass is 10.4. The second kappa shape index (κ2) is 4.48. The van der Waals surface area contributed by atoms with Crippen molar-refractivity contribution in [3.8, 4) is 0 Å². The minimum atomic E-state index is -2.93. The minimum Gasteiger partial charge on any atom is -0.304 e. The van der Waals surface area contributed by atoms with Crippen molar-refractivity contribution < 1.29 is 13.6 Å². The molecule has 0 aromatic carbocycles. The van der Waals surface area contributed by atoms with Crippen LogP contribution in [0.25, 0.3) is 0 Å². The van der Waals surface area contributed by atoms with Crippen LogP contribution in [0.3, 0.4) is 0 Å². The number of carbonyl (C=O) groups is 1. The van der Waals surface area contributed by atoms with E-state index in [2.05, 4.69) is 10.3 Å². The van der Waals surface area contributed by atoms with Crippen LogP contribution in [0.5, 0.6) is 0 Å². The van der Waals surface area contributed by atoms with Gasteiger partial charge < -0.3 is 4.90 Å². The molecule has 0 saturated carbocycles. The normalized spacial score (nSPS) is 20.6. The highest BCUT2D eigenvalue weighted by Gasteiger charge is 2.20. The zero-order valence-electron chi connectivity index (χ0n) is 7.46. The van der Waals surface area contributed by atoms with Crippen molar-refractivity contribution in [2.45, 2.75) is 6.43 Å². The number of hydrazine groups is 1. The molecule has 1 heterocycles. The van der Waals surface area contributed by atoms with Gasteiger partial charge in [0.1, 0.15) is 0 Å². The number of hydrogen-bond donors (Lipinski definition) is 1. The Kier molecular flexibility index (Phi) is 3.56. The molecule has 1 fully saturated rings. The van der Waals surface area contributed by atoms with Crippen LogP contribution >= 0.6 is 0 Å². The monoisotopic (exact) mass is 193 g/mol. The van der Waals surface area contributed by atoms with Gasteiger partial charge in [-0.05, 0) is 7.05 Å². The number of nitrogens with one attached hydrogen (secondary N) is 1. The van der Waals surface area contributed by atoms with Gasteiger partial charge in [-0.1, -0.05) is 0 Å². The maximum atomic E-state index is 11.8. The van der Waals surface area contributed by atoms with Gasteiger partial charge in [0.2, 0.25) is 0 Å². The molecule has 1 saturated heterocycles. The second-order valence-electron chi connectivity index (χ2n) is 3.07. The van der Waals surface area contributed by atoms with E-state index >= 15 is 0 Å². The SMILES string of the molecule is CN1CCN(NC(=O)C(F)F)CC1. The Hall–Kier alpha value is -0.750. The number of piperazine rings is 1. The van der Waals surface area contributed by atoms with E-state index < -0.39 is 12.3 Å². The quantitative estimate of drug-likeness (QED) is 0.644. The summed E-state index contributed by atoms with van der Waals surface area (Å²) >= 11 is 0. The average Bonchev–Trinajstić information content (AvgIpc) is 2.08. The Morgan fingerprint density at radius 2 is 1.85 bits per heavy atom. The van der Waals surface area contributed by atoms with Crippen LogP contribution in [0.2, 0.25) is 0 Å². The van der Waals surface area contributed by atoms with Crippen molar-refractivity contribution in [2.24, 2.45) is 0 Å². The molecule has 1 aliphatic heterocycles. The summed E-state index contributed by atoms with van der Waals surface area (Å²) in [6.07, 6.45) is -2.93. The number of alkyl halides is 2. The highest BCUT2D eigenvalue weighted by atomic mass is 19.3. The van der Waals surface area contributed by atoms with E-state index in [0.29, 0.717) is 13.1 Å². The first-order valence-electron chi connectivity index (χ1n) is 4.11. The van der Waals surface area contributed by atoms with Gasteiger partial charge >= 0.3 is 12.3 Å². The van der Waals surface area contributed by atoms with Crippen molar-refractivity contribution in [1.82, 2.24) is 15.3 Å². The maximum Gasteiger partial charge on any atom is 0.316 e. The molecular formula is C7H13F2N3O. The van der Waals surface area contributed by atoms with Gasteiger partial charge in [0.05, 0.1) is 0 Å². The summed E-state index contributed by atoms with van der Waals surface area (Å²) in [4.78, 5) is 12.7. The number of likely N-dealkylation sites (N-methyl/N-ethyl adjacent to an activating group) is 1. The third-order valence-electron chi connectivity index (χ3n) is 1.97. The van der Waals surface area contributed by atoms with Crippen molar-refractivity contribution >= 4 is 5.91 Å². The molecule has 0 aromatic rings. The summed E-state index contributed by atoms with van der Waals surface area (Å²) < 4.78 is 23.6. The Morgan fingerprint density at radius 1 is 1.31 bits per heavy atom. The second-order valence-corrected chi connectivity index (χ2v) is 3.07. The highest BCUT2D eigenvalue weighted by molar-refractivity contribution is 5.78. The lowest BCUT2D eigenvalue weighted by Crippen LogP contribution is -2.53. The fraction of sp³-hybridized carbons (Fsp3) is 0.857. The topological polar surface area (TPSA) is 35.6 Å². The molecule has 1 aliphatic rings. The lowest BCUT2D eigenvalue weighted by molar-refractivity contribution is -0.137. The summed E-state index contributed by atoms with van der Waals surface area (Å²) in [5, 5.41) is 1.52. The van der Waals surface area contributed by atoms with Crippen LogP contribution in [0.15, 0.2) is 0 Å². The molecule has 6 heteroatoms. The van der Waals surface area contributed by atoms with E-state index in [1.165, 1.54) is 5.01 Å². The summed E-state index contributed by atoms with van der Waals surface area (Å²) in [5.74, 6) is -1.22. The Bertz CT molecular complexity index is 181. The van der Waals surface area contributed by atoms with Gasteiger partial charge in [-0.3, -0.25) is 10.2 Å². The first-order valence-corrected chi connectivity index (χ1v) is 4.11. The molecule has 0 spiro atoms. The molecule has 76 valence electrons. The van der Waals surface area contributed by atoms with Gasteiger partial charge in [0, 0.05) is 26.2 Å². The molecule has 0 unspecified atom stereocenters. The highest BCUT2D eigenvalue weighted by Crippen LogP contribution is 1.97. The Morgan fingerprint density at radius 3 is 2.31 bits per heavy atom. The molecule has 1 amide bonds. The largest absolute Gasteiger partial charge is 0.316 e. The number of rotatable bonds is 2. The minimum absolute atomic E-state index is 0.592. The van der Waals surface area contributed by atoms with Gasteiger partial charge in [-0.25, -0.2) is 5.01 Å². The molecule has 0 radical (unpaired) electrons. The molecular weight excluding hydrogens is 180 g/mol. The van der Waals surface area contributed by atoms with Crippen molar-refractivity contribution in [3.63, 3.8) is 0 Å². The first kappa shape index (κ1) is 10.3. The third kappa shape index (κ3) is 3.23. The number of carbonyl (C=O) groups excluding carboxylic acids is 1. The standard InChI is InChI=1S/C7H13F2N3O/c1-11-2-4-12(5-3-11)10-7(13)6(8)9/h6H,2-5H2,1H3,(H,10,13). The van der Waals surface area contributed by atoms with Crippen LogP contribution in [0.4, 0.5) is 8.78 Å². The Balaban J connectivity index is 2.26. The van der Waals surface area contributed by atoms with Crippen LogP contribution in [0.1, 0.15) is 0 Å². The van der Waals surface area contributed by atoms with Crippen LogP contribution in [-0.2, 0) is 4.79 Å². The van der Waals surface area contributed by atoms with Crippen molar-refractivity contribution in [3.05, 3.63) is 0 Å². The molecule has 1 N–H and O–H groups in total. The molecule has 4 nitrogen and oxygen atoms in total. The Labute approximate surface area is 75.5 Å². The molecule has 0 aromatic heterocycles. The predicted molar refractivity (Wildman–Crippen MR) is 43.2 cm³/mol. The average molecular weight is 193 g/mol. The predicted octanol–water partition coefficient (Wildman–Crippen LogP) is -0.470. The molecule has 0 aliphatic carbocycles. The molecule has 1 rings (SSSR count). The summed E-state index contributed by atoms with van der Waals surface area (Å²) in [7, 11) is 1.95. The van der Waals surface area contributed by atoms with Crippen LogP contribution < -0.4 is 5.43 Å². The molecule has 0 atom stereocenters. The number of halogens is 2. The number of amides is 1. The van der Waals surface area contributed by atoms with Gasteiger partial charge in [-0.15, -0.1) is 0 Å². The van der Waals surface area contributed by atoms with Gasteiger partial charge in [0.15, 0.2) is 0 Å². The third-order valence-corrected chi connectivity index (χ3v) is 1.97. The summed E-state index contributed by atoms with van der Waals surface area (Å²) in [5.41, 5.74) is 2.16. The van der Waals surface area contributed by atoms with Crippen LogP contribution in [0, 0.1) is 0 Å². The molecule has 13 heavy (non-hydrogen) atoms. The fourth-order valence-electron chi connectivity index (χ4n) is 1.12. The summed E-state index contributed by atoms with van der Waals surface area (Å²) in [6, 6.07) is 0. The smallest absolute Gasteiger partial charge is 0.304 e. The van der Waals surface area contributed by atoms with E-state index in [4.69, 9.17) is 0 Å². The zero-order chi connectivity index (χ0) is 9.84. The van der Waals surface area contributed by atoms with E-state index in [0.717, 1.165) is 13.1 Å². The maximum absolute atomic E-state index is 11.8. The van der Waals surface area contributed by atoms with Crippen molar-refractivity contribution in [2.75, 3.05) is 33.2 Å². The number of hydrogen-bond acceptors (Lipinski definition) is 3. The van der Waals surface area contributed by atoms with Gasteiger partial charge in [0.25, 0.3) is 0 Å². The van der Waals surface area contributed by atoms with Crippen LogP contribution in [-0.4, -0.2) is 55.5 Å². The van der Waals surface area contributed by atoms with Crippen molar-refractivity contribution in [1.29, 1.82) is 0 Å². The fourth-order valence-corrected chi connectivity index (χ4v) is 1.12. The van der Waals surface area contributed by atoms with E-state index in [1.807, 2.05) is 7.05 Å². The summed E-state index contributed by atoms with van der Waals surface area (Å²) in [6.45, 7) is 2.75. The molecule has 0 bridgehead atoms. The number of nitrogens with zero attached hydrogens (tertiary/aromatic N) is 2. The lowest BCUT2D eigenvalue weighted by Gasteiger charge is -2.32. The van der Waals surface area contributed by atoms with Gasteiger partial charge in [-0.2, -0.15) is 8.78 Å². The van der Waals surface area contributed by atoms with E-state index in [1.54, 1.807) is 0 Å². The van der Waals surface area contributed by atoms with E-state index in [-0.39, 0.29) is 0 Å². The zero-order valence-corrected chi connectivity index (χ0v) is 7.46. The van der Waals surface area contributed by atoms with E-state index in [9.17, 15) is 13.6 Å².